The maximum atomic E-state index is 5.34. The molecule has 1 N–H and O–H groups in total. The molecule has 2 aromatic heterocycles. The van der Waals surface area contributed by atoms with E-state index in [9.17, 15) is 0 Å². The zero-order chi connectivity index (χ0) is 10.7. The van der Waals surface area contributed by atoms with Gasteiger partial charge in [-0.15, -0.1) is 0 Å². The highest BCUT2D eigenvalue weighted by atomic mass is 16.4. The van der Waals surface area contributed by atoms with Crippen LogP contribution in [0, 0.1) is 6.92 Å². The first kappa shape index (κ1) is 9.92. The summed E-state index contributed by atoms with van der Waals surface area (Å²) in [6.45, 7) is 3.29. The summed E-state index contributed by atoms with van der Waals surface area (Å²) >= 11 is 0. The number of rotatable bonds is 4. The standard InChI is InChI=1S/C10H14N4O/c1-8-3-13-10(15-8)6-11-4-9-5-12-7-14(9)2/h3,5,7,11H,4,6H2,1-2H3. The van der Waals surface area contributed by atoms with Crippen molar-refractivity contribution in [2.24, 2.45) is 7.05 Å². The van der Waals surface area contributed by atoms with Crippen molar-refractivity contribution in [2.75, 3.05) is 0 Å². The number of nitrogens with zero attached hydrogens (tertiary/aromatic N) is 3. The van der Waals surface area contributed by atoms with Crippen LogP contribution in [0.25, 0.3) is 0 Å². The molecule has 0 spiro atoms. The summed E-state index contributed by atoms with van der Waals surface area (Å²) in [5, 5.41) is 3.24. The molecule has 15 heavy (non-hydrogen) atoms. The lowest BCUT2D eigenvalue weighted by Crippen LogP contribution is -2.14. The van der Waals surface area contributed by atoms with Gasteiger partial charge in [-0.25, -0.2) is 9.97 Å². The molecule has 0 fully saturated rings. The van der Waals surface area contributed by atoms with E-state index < -0.39 is 0 Å². The van der Waals surface area contributed by atoms with Gasteiger partial charge in [-0.2, -0.15) is 0 Å². The summed E-state index contributed by atoms with van der Waals surface area (Å²) in [7, 11) is 1.97. The molecule has 0 atom stereocenters. The van der Waals surface area contributed by atoms with Crippen LogP contribution in [-0.4, -0.2) is 14.5 Å². The van der Waals surface area contributed by atoms with E-state index in [1.165, 1.54) is 0 Å². The first-order valence-electron chi connectivity index (χ1n) is 4.83. The van der Waals surface area contributed by atoms with Crippen LogP contribution in [0.3, 0.4) is 0 Å². The minimum Gasteiger partial charge on any atom is -0.445 e. The minimum absolute atomic E-state index is 0.638. The van der Waals surface area contributed by atoms with Gasteiger partial charge in [0.25, 0.3) is 0 Å². The molecule has 2 rings (SSSR count). The molecular weight excluding hydrogens is 192 g/mol. The van der Waals surface area contributed by atoms with Gasteiger partial charge < -0.3 is 14.3 Å². The Morgan fingerprint density at radius 3 is 2.87 bits per heavy atom. The average molecular weight is 206 g/mol. The largest absolute Gasteiger partial charge is 0.445 e. The summed E-state index contributed by atoms with van der Waals surface area (Å²) in [5.41, 5.74) is 1.14. The molecule has 2 aromatic rings. The number of imidazole rings is 1. The van der Waals surface area contributed by atoms with Crippen molar-refractivity contribution >= 4 is 0 Å². The van der Waals surface area contributed by atoms with Crippen molar-refractivity contribution < 1.29 is 4.42 Å². The Kier molecular flexibility index (Phi) is 2.82. The number of hydrogen-bond acceptors (Lipinski definition) is 4. The lowest BCUT2D eigenvalue weighted by atomic mass is 10.4. The van der Waals surface area contributed by atoms with Crippen LogP contribution in [0.2, 0.25) is 0 Å². The summed E-state index contributed by atoms with van der Waals surface area (Å²) in [4.78, 5) is 8.14. The maximum Gasteiger partial charge on any atom is 0.208 e. The molecular formula is C10H14N4O. The van der Waals surface area contributed by atoms with E-state index in [-0.39, 0.29) is 0 Å². The van der Waals surface area contributed by atoms with Crippen LogP contribution in [0.4, 0.5) is 0 Å². The van der Waals surface area contributed by atoms with Gasteiger partial charge in [0.2, 0.25) is 5.89 Å². The summed E-state index contributed by atoms with van der Waals surface area (Å²) in [6, 6.07) is 0. The third kappa shape index (κ3) is 2.44. The monoisotopic (exact) mass is 206 g/mol. The van der Waals surface area contributed by atoms with Crippen LogP contribution in [0.5, 0.6) is 0 Å². The number of aromatic nitrogens is 3. The third-order valence-corrected chi connectivity index (χ3v) is 2.17. The molecule has 5 nitrogen and oxygen atoms in total. The maximum absolute atomic E-state index is 5.34. The Balaban J connectivity index is 1.83. The van der Waals surface area contributed by atoms with E-state index >= 15 is 0 Å². The molecule has 0 aromatic carbocycles. The smallest absolute Gasteiger partial charge is 0.208 e. The van der Waals surface area contributed by atoms with Gasteiger partial charge in [-0.05, 0) is 6.92 Å². The van der Waals surface area contributed by atoms with Crippen molar-refractivity contribution in [2.45, 2.75) is 20.0 Å². The Morgan fingerprint density at radius 1 is 1.40 bits per heavy atom. The predicted octanol–water partition coefficient (Wildman–Crippen LogP) is 1.01. The average Bonchev–Trinajstić information content (AvgIpc) is 2.77. The molecule has 5 heteroatoms. The van der Waals surface area contributed by atoms with Gasteiger partial charge >= 0.3 is 0 Å². The fourth-order valence-electron chi connectivity index (χ4n) is 1.34. The quantitative estimate of drug-likeness (QED) is 0.811. The van der Waals surface area contributed by atoms with E-state index in [4.69, 9.17) is 4.42 Å². The lowest BCUT2D eigenvalue weighted by Gasteiger charge is -2.02. The predicted molar refractivity (Wildman–Crippen MR) is 55.0 cm³/mol. The molecule has 80 valence electrons. The van der Waals surface area contributed by atoms with Crippen LogP contribution < -0.4 is 5.32 Å². The fraction of sp³-hybridized carbons (Fsp3) is 0.400. The Bertz CT molecular complexity index is 432. The van der Waals surface area contributed by atoms with E-state index in [2.05, 4.69) is 15.3 Å². The highest BCUT2D eigenvalue weighted by molar-refractivity contribution is 4.97. The molecule has 0 saturated carbocycles. The van der Waals surface area contributed by atoms with Gasteiger partial charge in [-0.3, -0.25) is 0 Å². The van der Waals surface area contributed by atoms with Gasteiger partial charge in [0.1, 0.15) is 5.76 Å². The second-order valence-electron chi connectivity index (χ2n) is 3.46. The molecule has 0 aliphatic carbocycles. The van der Waals surface area contributed by atoms with Crippen molar-refractivity contribution in [1.82, 2.24) is 19.9 Å². The van der Waals surface area contributed by atoms with Gasteiger partial charge in [0, 0.05) is 19.8 Å². The van der Waals surface area contributed by atoms with E-state index in [0.29, 0.717) is 6.54 Å². The van der Waals surface area contributed by atoms with Crippen LogP contribution in [-0.2, 0) is 20.1 Å². The Hall–Kier alpha value is -1.62. The molecule has 2 heterocycles. The normalized spacial score (nSPS) is 10.8. The number of nitrogens with one attached hydrogen (secondary N) is 1. The second kappa shape index (κ2) is 4.27. The van der Waals surface area contributed by atoms with Gasteiger partial charge in [0.05, 0.1) is 24.8 Å². The number of aryl methyl sites for hydroxylation is 2. The first-order valence-corrected chi connectivity index (χ1v) is 4.83. The molecule has 0 radical (unpaired) electrons. The van der Waals surface area contributed by atoms with E-state index in [1.807, 2.05) is 24.7 Å². The van der Waals surface area contributed by atoms with E-state index in [1.54, 1.807) is 12.5 Å². The third-order valence-electron chi connectivity index (χ3n) is 2.17. The molecule has 0 amide bonds. The first-order chi connectivity index (χ1) is 7.25. The molecule has 0 unspecified atom stereocenters. The lowest BCUT2D eigenvalue weighted by molar-refractivity contribution is 0.447. The van der Waals surface area contributed by atoms with Crippen molar-refractivity contribution in [3.63, 3.8) is 0 Å². The van der Waals surface area contributed by atoms with Crippen molar-refractivity contribution in [3.8, 4) is 0 Å². The summed E-state index contributed by atoms with van der Waals surface area (Å²) in [5.74, 6) is 1.56. The zero-order valence-electron chi connectivity index (χ0n) is 8.90. The zero-order valence-corrected chi connectivity index (χ0v) is 8.90. The summed E-state index contributed by atoms with van der Waals surface area (Å²) in [6.07, 6.45) is 5.35. The topological polar surface area (TPSA) is 55.9 Å². The van der Waals surface area contributed by atoms with Crippen LogP contribution >= 0.6 is 0 Å². The molecule has 0 aliphatic rings. The molecule has 0 bridgehead atoms. The fourth-order valence-corrected chi connectivity index (χ4v) is 1.34. The Labute approximate surface area is 88.2 Å². The van der Waals surface area contributed by atoms with Crippen molar-refractivity contribution in [3.05, 3.63) is 36.1 Å². The van der Waals surface area contributed by atoms with Gasteiger partial charge in [0.15, 0.2) is 0 Å². The number of oxazole rings is 1. The van der Waals surface area contributed by atoms with E-state index in [0.717, 1.165) is 23.9 Å². The second-order valence-corrected chi connectivity index (χ2v) is 3.46. The highest BCUT2D eigenvalue weighted by Gasteiger charge is 2.01. The highest BCUT2D eigenvalue weighted by Crippen LogP contribution is 2.01. The molecule has 0 saturated heterocycles. The number of hydrogen-bond donors (Lipinski definition) is 1. The van der Waals surface area contributed by atoms with Crippen LogP contribution in [0.15, 0.2) is 23.1 Å². The Morgan fingerprint density at radius 2 is 2.27 bits per heavy atom. The van der Waals surface area contributed by atoms with Gasteiger partial charge in [-0.1, -0.05) is 0 Å². The summed E-state index contributed by atoms with van der Waals surface area (Å²) < 4.78 is 7.32. The van der Waals surface area contributed by atoms with Crippen LogP contribution in [0.1, 0.15) is 17.3 Å². The SMILES string of the molecule is Cc1cnc(CNCc2cncn2C)o1. The molecule has 0 aliphatic heterocycles. The van der Waals surface area contributed by atoms with Crippen molar-refractivity contribution in [1.29, 1.82) is 0 Å². The minimum atomic E-state index is 0.638.